The Hall–Kier alpha value is -2.58. The molecule has 8 heteroatoms. The Labute approximate surface area is 190 Å². The predicted molar refractivity (Wildman–Crippen MR) is 122 cm³/mol. The van der Waals surface area contributed by atoms with Gasteiger partial charge in [0.05, 0.1) is 19.8 Å². The Morgan fingerprint density at radius 3 is 2.41 bits per heavy atom. The third-order valence-electron chi connectivity index (χ3n) is 6.18. The minimum Gasteiger partial charge on any atom is -0.495 e. The number of hydrogen-bond acceptors (Lipinski definition) is 5. The van der Waals surface area contributed by atoms with Crippen LogP contribution in [0.15, 0.2) is 47.4 Å². The second-order valence-electron chi connectivity index (χ2n) is 8.14. The van der Waals surface area contributed by atoms with Crippen LogP contribution in [-0.2, 0) is 10.0 Å². The molecule has 172 valence electrons. The first kappa shape index (κ1) is 22.6. The molecule has 0 aliphatic carbocycles. The van der Waals surface area contributed by atoms with Gasteiger partial charge in [0, 0.05) is 25.2 Å². The SMILES string of the molecule is CCOc1ccc([C@H]2CCCN2C(=O)c2ccc(OC)c(S(=O)(=O)N3CCCC3)c2)cc1. The number of rotatable bonds is 7. The minimum atomic E-state index is -3.71. The van der Waals surface area contributed by atoms with E-state index in [0.29, 0.717) is 31.8 Å². The van der Waals surface area contributed by atoms with Crippen LogP contribution in [0.25, 0.3) is 0 Å². The van der Waals surface area contributed by atoms with Crippen molar-refractivity contribution in [3.8, 4) is 11.5 Å². The van der Waals surface area contributed by atoms with Crippen molar-refractivity contribution in [1.82, 2.24) is 9.21 Å². The lowest BCUT2D eigenvalue weighted by atomic mass is 10.0. The zero-order valence-electron chi connectivity index (χ0n) is 18.6. The van der Waals surface area contributed by atoms with Gasteiger partial charge in [-0.3, -0.25) is 4.79 Å². The molecule has 4 rings (SSSR count). The van der Waals surface area contributed by atoms with Crippen LogP contribution >= 0.6 is 0 Å². The first-order valence-electron chi connectivity index (χ1n) is 11.2. The molecule has 2 heterocycles. The Morgan fingerprint density at radius 2 is 1.75 bits per heavy atom. The van der Waals surface area contributed by atoms with Crippen LogP contribution in [0.3, 0.4) is 0 Å². The van der Waals surface area contributed by atoms with Crippen LogP contribution in [-0.4, -0.2) is 56.9 Å². The fraction of sp³-hybridized carbons (Fsp3) is 0.458. The first-order valence-corrected chi connectivity index (χ1v) is 12.6. The van der Waals surface area contributed by atoms with Crippen LogP contribution in [0, 0.1) is 0 Å². The topological polar surface area (TPSA) is 76.1 Å². The maximum absolute atomic E-state index is 13.5. The van der Waals surface area contributed by atoms with E-state index in [9.17, 15) is 13.2 Å². The summed E-state index contributed by atoms with van der Waals surface area (Å²) < 4.78 is 38.7. The fourth-order valence-corrected chi connectivity index (χ4v) is 6.25. The molecule has 2 aliphatic heterocycles. The molecule has 0 radical (unpaired) electrons. The summed E-state index contributed by atoms with van der Waals surface area (Å²) in [6.07, 6.45) is 3.46. The van der Waals surface area contributed by atoms with Crippen molar-refractivity contribution < 1.29 is 22.7 Å². The number of carbonyl (C=O) groups is 1. The number of ether oxygens (including phenoxy) is 2. The molecular weight excluding hydrogens is 428 g/mol. The Morgan fingerprint density at radius 1 is 1.03 bits per heavy atom. The quantitative estimate of drug-likeness (QED) is 0.630. The third-order valence-corrected chi connectivity index (χ3v) is 8.10. The zero-order chi connectivity index (χ0) is 22.7. The van der Waals surface area contributed by atoms with Gasteiger partial charge in [-0.05, 0) is 68.5 Å². The average Bonchev–Trinajstić information content (AvgIpc) is 3.52. The number of methoxy groups -OCH3 is 1. The fourth-order valence-electron chi connectivity index (χ4n) is 4.55. The lowest BCUT2D eigenvalue weighted by molar-refractivity contribution is 0.0735. The summed E-state index contributed by atoms with van der Waals surface area (Å²) in [4.78, 5) is 15.3. The van der Waals surface area contributed by atoms with E-state index in [1.165, 1.54) is 17.5 Å². The van der Waals surface area contributed by atoms with E-state index in [1.54, 1.807) is 12.1 Å². The van der Waals surface area contributed by atoms with E-state index >= 15 is 0 Å². The summed E-state index contributed by atoms with van der Waals surface area (Å²) in [6, 6.07) is 12.5. The van der Waals surface area contributed by atoms with Gasteiger partial charge in [-0.2, -0.15) is 4.31 Å². The molecule has 0 saturated carbocycles. The summed E-state index contributed by atoms with van der Waals surface area (Å²) in [5, 5.41) is 0. The zero-order valence-corrected chi connectivity index (χ0v) is 19.4. The molecule has 2 saturated heterocycles. The number of hydrogen-bond donors (Lipinski definition) is 0. The summed E-state index contributed by atoms with van der Waals surface area (Å²) >= 11 is 0. The molecule has 2 aromatic carbocycles. The van der Waals surface area contributed by atoms with Crippen LogP contribution in [0.2, 0.25) is 0 Å². The van der Waals surface area contributed by atoms with Crippen molar-refractivity contribution in [2.24, 2.45) is 0 Å². The molecule has 0 bridgehead atoms. The van der Waals surface area contributed by atoms with Crippen LogP contribution in [0.4, 0.5) is 0 Å². The molecule has 2 aliphatic rings. The van der Waals surface area contributed by atoms with Gasteiger partial charge in [0.15, 0.2) is 0 Å². The average molecular weight is 459 g/mol. The Bertz CT molecular complexity index is 1060. The van der Waals surface area contributed by atoms with E-state index in [-0.39, 0.29) is 22.6 Å². The van der Waals surface area contributed by atoms with Crippen molar-refractivity contribution in [3.05, 3.63) is 53.6 Å². The molecule has 1 amide bonds. The Kier molecular flexibility index (Phi) is 6.71. The van der Waals surface area contributed by atoms with E-state index in [2.05, 4.69) is 0 Å². The molecule has 0 spiro atoms. The number of likely N-dealkylation sites (tertiary alicyclic amines) is 1. The molecule has 0 aromatic heterocycles. The van der Waals surface area contributed by atoms with E-state index < -0.39 is 10.0 Å². The van der Waals surface area contributed by atoms with Gasteiger partial charge in [-0.1, -0.05) is 12.1 Å². The summed E-state index contributed by atoms with van der Waals surface area (Å²) in [5.74, 6) is 0.902. The molecule has 0 unspecified atom stereocenters. The first-order chi connectivity index (χ1) is 15.5. The summed E-state index contributed by atoms with van der Waals surface area (Å²) in [5.41, 5.74) is 1.42. The highest BCUT2D eigenvalue weighted by molar-refractivity contribution is 7.89. The number of carbonyl (C=O) groups excluding carboxylic acids is 1. The smallest absolute Gasteiger partial charge is 0.254 e. The molecule has 32 heavy (non-hydrogen) atoms. The third kappa shape index (κ3) is 4.34. The second-order valence-corrected chi connectivity index (χ2v) is 10.0. The van der Waals surface area contributed by atoms with Crippen LogP contribution in [0.1, 0.15) is 54.6 Å². The van der Waals surface area contributed by atoms with Gasteiger partial charge in [-0.15, -0.1) is 0 Å². The minimum absolute atomic E-state index is 0.0427. The van der Waals surface area contributed by atoms with Gasteiger partial charge in [0.2, 0.25) is 10.0 Å². The molecular formula is C24H30N2O5S. The molecule has 2 aromatic rings. The second kappa shape index (κ2) is 9.50. The maximum atomic E-state index is 13.5. The predicted octanol–water partition coefficient (Wildman–Crippen LogP) is 3.86. The van der Waals surface area contributed by atoms with Gasteiger partial charge >= 0.3 is 0 Å². The lowest BCUT2D eigenvalue weighted by Crippen LogP contribution is -2.31. The van der Waals surface area contributed by atoms with Crippen LogP contribution < -0.4 is 9.47 Å². The number of benzene rings is 2. The van der Waals surface area contributed by atoms with Gasteiger partial charge < -0.3 is 14.4 Å². The normalized spacial score (nSPS) is 19.3. The van der Waals surface area contributed by atoms with Gasteiger partial charge in [-0.25, -0.2) is 8.42 Å². The lowest BCUT2D eigenvalue weighted by Gasteiger charge is -2.26. The van der Waals surface area contributed by atoms with Crippen molar-refractivity contribution in [2.45, 2.75) is 43.5 Å². The largest absolute Gasteiger partial charge is 0.495 e. The standard InChI is InChI=1S/C24H30N2O5S/c1-3-31-20-11-8-18(9-12-20)21-7-6-16-26(21)24(27)19-10-13-22(30-2)23(17-19)32(28,29)25-14-4-5-15-25/h8-13,17,21H,3-7,14-16H2,1-2H3/t21-/m1/s1. The van der Waals surface area contributed by atoms with Crippen molar-refractivity contribution in [3.63, 3.8) is 0 Å². The van der Waals surface area contributed by atoms with E-state index in [1.807, 2.05) is 36.1 Å². The number of sulfonamides is 1. The molecule has 0 N–H and O–H groups in total. The van der Waals surface area contributed by atoms with Crippen molar-refractivity contribution >= 4 is 15.9 Å². The summed E-state index contributed by atoms with van der Waals surface area (Å²) in [7, 11) is -2.27. The van der Waals surface area contributed by atoms with Gasteiger partial charge in [0.25, 0.3) is 5.91 Å². The number of amides is 1. The van der Waals surface area contributed by atoms with Crippen molar-refractivity contribution in [2.75, 3.05) is 33.4 Å². The van der Waals surface area contributed by atoms with Crippen molar-refractivity contribution in [1.29, 1.82) is 0 Å². The monoisotopic (exact) mass is 458 g/mol. The highest BCUT2D eigenvalue weighted by Crippen LogP contribution is 2.35. The molecule has 2 fully saturated rings. The highest BCUT2D eigenvalue weighted by atomic mass is 32.2. The van der Waals surface area contributed by atoms with Gasteiger partial charge in [0.1, 0.15) is 16.4 Å². The van der Waals surface area contributed by atoms with Crippen LogP contribution in [0.5, 0.6) is 11.5 Å². The van der Waals surface area contributed by atoms with E-state index in [0.717, 1.165) is 37.0 Å². The summed E-state index contributed by atoms with van der Waals surface area (Å²) in [6.45, 7) is 4.17. The maximum Gasteiger partial charge on any atom is 0.254 e. The molecule has 7 nitrogen and oxygen atoms in total. The molecule has 1 atom stereocenters. The number of nitrogens with zero attached hydrogens (tertiary/aromatic N) is 2. The van der Waals surface area contributed by atoms with E-state index in [4.69, 9.17) is 9.47 Å². The highest BCUT2D eigenvalue weighted by Gasteiger charge is 2.34. The Balaban J connectivity index is 1.62.